The van der Waals surface area contributed by atoms with Crippen LogP contribution < -0.4 is 15.4 Å². The zero-order valence-corrected chi connectivity index (χ0v) is 19.0. The minimum atomic E-state index is -0.118. The number of aromatic nitrogens is 5. The predicted octanol–water partition coefficient (Wildman–Crippen LogP) is 3.45. The molecule has 0 unspecified atom stereocenters. The van der Waals surface area contributed by atoms with Crippen LogP contribution in [0.1, 0.15) is 39.8 Å². The molecular weight excluding hydrogens is 430 g/mol. The molecule has 0 radical (unpaired) electrons. The summed E-state index contributed by atoms with van der Waals surface area (Å²) in [5, 5.41) is 15.0. The third kappa shape index (κ3) is 4.32. The van der Waals surface area contributed by atoms with Gasteiger partial charge in [-0.1, -0.05) is 24.3 Å². The van der Waals surface area contributed by atoms with Gasteiger partial charge in [-0.3, -0.25) is 4.79 Å². The quantitative estimate of drug-likeness (QED) is 0.459. The van der Waals surface area contributed by atoms with Gasteiger partial charge in [-0.15, -0.1) is 10.2 Å². The van der Waals surface area contributed by atoms with Gasteiger partial charge in [0.1, 0.15) is 17.8 Å². The summed E-state index contributed by atoms with van der Waals surface area (Å²) in [6, 6.07) is 15.2. The number of hydrogen-bond acceptors (Lipinski definition) is 7. The van der Waals surface area contributed by atoms with Gasteiger partial charge in [-0.25, -0.2) is 9.97 Å². The van der Waals surface area contributed by atoms with Crippen molar-refractivity contribution in [2.24, 2.45) is 7.05 Å². The van der Waals surface area contributed by atoms with Crippen LogP contribution in [0.15, 0.2) is 61.1 Å². The van der Waals surface area contributed by atoms with Crippen LogP contribution in [-0.4, -0.2) is 37.2 Å². The molecule has 0 fully saturated rings. The normalized spacial score (nSPS) is 14.7. The molecule has 1 amide bonds. The Morgan fingerprint density at radius 3 is 2.91 bits per heavy atom. The van der Waals surface area contributed by atoms with E-state index in [9.17, 15) is 4.79 Å². The van der Waals surface area contributed by atoms with E-state index in [1.807, 2.05) is 61.0 Å². The third-order valence-electron chi connectivity index (χ3n) is 5.93. The molecule has 172 valence electrons. The molecule has 0 saturated heterocycles. The second-order valence-electron chi connectivity index (χ2n) is 8.18. The second-order valence-corrected chi connectivity index (χ2v) is 8.18. The van der Waals surface area contributed by atoms with E-state index in [0.717, 1.165) is 34.8 Å². The largest absolute Gasteiger partial charge is 0.493 e. The van der Waals surface area contributed by atoms with Crippen LogP contribution in [0.4, 0.5) is 5.69 Å². The first-order valence-electron chi connectivity index (χ1n) is 11.1. The van der Waals surface area contributed by atoms with Gasteiger partial charge in [0.2, 0.25) is 0 Å². The van der Waals surface area contributed by atoms with Crippen molar-refractivity contribution >= 4 is 11.6 Å². The summed E-state index contributed by atoms with van der Waals surface area (Å²) in [5.41, 5.74) is 4.22. The first kappa shape index (κ1) is 21.6. The minimum Gasteiger partial charge on any atom is -0.493 e. The van der Waals surface area contributed by atoms with Crippen molar-refractivity contribution in [1.29, 1.82) is 0 Å². The highest BCUT2D eigenvalue weighted by Crippen LogP contribution is 2.34. The van der Waals surface area contributed by atoms with E-state index < -0.39 is 0 Å². The van der Waals surface area contributed by atoms with E-state index in [-0.39, 0.29) is 11.9 Å². The van der Waals surface area contributed by atoms with E-state index >= 15 is 0 Å². The Morgan fingerprint density at radius 2 is 2.06 bits per heavy atom. The number of para-hydroxylation sites is 1. The van der Waals surface area contributed by atoms with E-state index in [1.165, 1.54) is 6.33 Å². The molecule has 2 aromatic heterocycles. The average Bonchev–Trinajstić information content (AvgIpc) is 3.24. The van der Waals surface area contributed by atoms with Crippen LogP contribution in [-0.2, 0) is 13.6 Å². The first-order valence-corrected chi connectivity index (χ1v) is 11.1. The summed E-state index contributed by atoms with van der Waals surface area (Å²) in [6.07, 6.45) is 3.89. The molecule has 0 spiro atoms. The number of amides is 1. The Hall–Kier alpha value is -4.27. The highest BCUT2D eigenvalue weighted by atomic mass is 16.5. The number of nitrogens with one attached hydrogen (secondary N) is 2. The van der Waals surface area contributed by atoms with Gasteiger partial charge in [0.05, 0.1) is 19.2 Å². The lowest BCUT2D eigenvalue weighted by molar-refractivity contribution is 0.0924. The van der Waals surface area contributed by atoms with E-state index in [1.54, 1.807) is 12.3 Å². The molecule has 1 atom stereocenters. The lowest BCUT2D eigenvalue weighted by Crippen LogP contribution is -2.32. The number of carbonyl (C=O) groups excluding carboxylic acids is 1. The predicted molar refractivity (Wildman–Crippen MR) is 127 cm³/mol. The fourth-order valence-corrected chi connectivity index (χ4v) is 4.09. The third-order valence-corrected chi connectivity index (χ3v) is 5.93. The number of benzene rings is 2. The lowest BCUT2D eigenvalue weighted by Gasteiger charge is -2.28. The number of nitrogens with zero attached hydrogens (tertiary/aromatic N) is 5. The molecule has 3 heterocycles. The smallest absolute Gasteiger partial charge is 0.251 e. The summed E-state index contributed by atoms with van der Waals surface area (Å²) in [7, 11) is 1.89. The number of anilines is 1. The Kier molecular flexibility index (Phi) is 5.90. The van der Waals surface area contributed by atoms with Gasteiger partial charge in [-0.2, -0.15) is 0 Å². The van der Waals surface area contributed by atoms with Crippen LogP contribution in [0.25, 0.3) is 11.5 Å². The molecule has 34 heavy (non-hydrogen) atoms. The summed E-state index contributed by atoms with van der Waals surface area (Å²) < 4.78 is 7.71. The maximum atomic E-state index is 13.0. The second kappa shape index (κ2) is 9.30. The van der Waals surface area contributed by atoms with Gasteiger partial charge < -0.3 is 19.9 Å². The molecular formula is C25H25N7O2. The first-order chi connectivity index (χ1) is 16.6. The summed E-state index contributed by atoms with van der Waals surface area (Å²) in [4.78, 5) is 21.2. The zero-order valence-electron chi connectivity index (χ0n) is 19.0. The van der Waals surface area contributed by atoms with Gasteiger partial charge in [0, 0.05) is 36.5 Å². The van der Waals surface area contributed by atoms with Crippen molar-refractivity contribution < 1.29 is 9.53 Å². The molecule has 1 aliphatic heterocycles. The maximum absolute atomic E-state index is 13.0. The van der Waals surface area contributed by atoms with Crippen molar-refractivity contribution in [1.82, 2.24) is 30.0 Å². The summed E-state index contributed by atoms with van der Waals surface area (Å²) in [6.45, 7) is 3.05. The van der Waals surface area contributed by atoms with Crippen molar-refractivity contribution in [3.8, 4) is 17.3 Å². The molecule has 0 saturated carbocycles. The van der Waals surface area contributed by atoms with Gasteiger partial charge >= 0.3 is 0 Å². The highest BCUT2D eigenvalue weighted by molar-refractivity contribution is 5.95. The van der Waals surface area contributed by atoms with E-state index in [2.05, 4.69) is 30.8 Å². The Bertz CT molecular complexity index is 1320. The van der Waals surface area contributed by atoms with E-state index in [4.69, 9.17) is 4.74 Å². The molecule has 2 aromatic carbocycles. The topological polar surface area (TPSA) is 107 Å². The Morgan fingerprint density at radius 1 is 1.18 bits per heavy atom. The molecule has 4 aromatic rings. The number of carbonyl (C=O) groups is 1. The number of hydrogen-bond donors (Lipinski definition) is 2. The maximum Gasteiger partial charge on any atom is 0.251 e. The number of rotatable bonds is 6. The van der Waals surface area contributed by atoms with Crippen LogP contribution in [0.3, 0.4) is 0 Å². The van der Waals surface area contributed by atoms with Gasteiger partial charge in [0.25, 0.3) is 5.91 Å². The van der Waals surface area contributed by atoms with Crippen LogP contribution in [0, 0.1) is 6.92 Å². The molecule has 0 bridgehead atoms. The highest BCUT2D eigenvalue weighted by Gasteiger charge is 2.24. The SMILES string of the molecule is Cc1cccc2c1OCC[C@@H]2NC(=O)c1cccc(NCc2nnc(-c3ccncn3)n2C)c1. The molecule has 0 aliphatic carbocycles. The molecule has 9 heteroatoms. The average molecular weight is 456 g/mol. The minimum absolute atomic E-state index is 0.0772. The molecule has 5 rings (SSSR count). The number of aryl methyl sites for hydroxylation is 1. The zero-order chi connectivity index (χ0) is 23.5. The van der Waals surface area contributed by atoms with E-state index in [0.29, 0.717) is 30.2 Å². The summed E-state index contributed by atoms with van der Waals surface area (Å²) in [5.74, 6) is 2.17. The molecule has 1 aliphatic rings. The summed E-state index contributed by atoms with van der Waals surface area (Å²) >= 11 is 0. The Balaban J connectivity index is 1.27. The van der Waals surface area contributed by atoms with Crippen molar-refractivity contribution in [2.75, 3.05) is 11.9 Å². The molecule has 9 nitrogen and oxygen atoms in total. The number of ether oxygens (including phenoxy) is 1. The Labute approximate surface area is 197 Å². The van der Waals surface area contributed by atoms with Gasteiger partial charge in [-0.05, 0) is 36.8 Å². The van der Waals surface area contributed by atoms with Crippen LogP contribution >= 0.6 is 0 Å². The van der Waals surface area contributed by atoms with Crippen LogP contribution in [0.2, 0.25) is 0 Å². The fraction of sp³-hybridized carbons (Fsp3) is 0.240. The van der Waals surface area contributed by atoms with Gasteiger partial charge in [0.15, 0.2) is 11.6 Å². The van der Waals surface area contributed by atoms with Crippen molar-refractivity contribution in [3.63, 3.8) is 0 Å². The van der Waals surface area contributed by atoms with Crippen LogP contribution in [0.5, 0.6) is 5.75 Å². The lowest BCUT2D eigenvalue weighted by atomic mass is 9.97. The number of fused-ring (bicyclic) bond motifs is 1. The van der Waals surface area contributed by atoms with Crippen molar-refractivity contribution in [2.45, 2.75) is 25.9 Å². The van der Waals surface area contributed by atoms with Crippen molar-refractivity contribution in [3.05, 3.63) is 83.6 Å². The monoisotopic (exact) mass is 455 g/mol. The fourth-order valence-electron chi connectivity index (χ4n) is 4.09. The molecule has 2 N–H and O–H groups in total. The standard InChI is InChI=1S/C25H25N7O2/c1-16-5-3-8-19-20(10-12-34-23(16)19)29-25(33)17-6-4-7-18(13-17)27-14-22-30-31-24(32(22)2)21-9-11-26-15-28-21/h3-9,11,13,15,20,27H,10,12,14H2,1-2H3,(H,29,33)/t20-/m0/s1.